The molecule has 5 heteroatoms. The van der Waals surface area contributed by atoms with E-state index in [4.69, 9.17) is 5.11 Å². The van der Waals surface area contributed by atoms with E-state index in [0.29, 0.717) is 0 Å². The normalized spacial score (nSPS) is 11.2. The molecule has 4 nitrogen and oxygen atoms in total. The summed E-state index contributed by atoms with van der Waals surface area (Å²) in [5.41, 5.74) is 0.944. The van der Waals surface area contributed by atoms with E-state index in [1.54, 1.807) is 18.2 Å². The van der Waals surface area contributed by atoms with Gasteiger partial charge < -0.3 is 15.2 Å². The van der Waals surface area contributed by atoms with Crippen LogP contribution in [0.15, 0.2) is 24.3 Å². The van der Waals surface area contributed by atoms with E-state index < -0.39 is 5.97 Å². The number of aromatic carboxylic acids is 1. The molecule has 16 heavy (non-hydrogen) atoms. The van der Waals surface area contributed by atoms with Gasteiger partial charge in [-0.3, -0.25) is 0 Å². The Morgan fingerprint density at radius 1 is 1.38 bits per heavy atom. The van der Waals surface area contributed by atoms with E-state index in [-0.39, 0.29) is 11.4 Å². The fourth-order valence-corrected chi connectivity index (χ4v) is 2.88. The second-order valence-electron chi connectivity index (χ2n) is 3.48. The summed E-state index contributed by atoms with van der Waals surface area (Å²) in [5.74, 6) is -0.749. The van der Waals surface area contributed by atoms with Crippen LogP contribution in [0.2, 0.25) is 0 Å². The van der Waals surface area contributed by atoms with Crippen LogP contribution in [-0.2, 0) is 0 Å². The van der Waals surface area contributed by atoms with Crippen LogP contribution in [0.25, 0.3) is 20.3 Å². The number of hydrogen-bond donors (Lipinski definition) is 3. The molecular formula is C11H7NO3S. The number of phenols is 1. The molecular weight excluding hydrogens is 226 g/mol. The topological polar surface area (TPSA) is 73.3 Å². The number of fused-ring (bicyclic) bond motifs is 3. The Hall–Kier alpha value is -2.01. The van der Waals surface area contributed by atoms with Crippen LogP contribution in [0.3, 0.4) is 0 Å². The monoisotopic (exact) mass is 233 g/mol. The summed E-state index contributed by atoms with van der Waals surface area (Å²) < 4.78 is 1.62. The molecule has 3 rings (SSSR count). The highest BCUT2D eigenvalue weighted by molar-refractivity contribution is 7.26. The highest BCUT2D eigenvalue weighted by Gasteiger charge is 2.13. The molecule has 0 unspecified atom stereocenters. The summed E-state index contributed by atoms with van der Waals surface area (Å²) in [6.45, 7) is 0. The summed E-state index contributed by atoms with van der Waals surface area (Å²) in [6.07, 6.45) is 0. The Kier molecular flexibility index (Phi) is 1.73. The molecule has 3 aromatic rings. The zero-order chi connectivity index (χ0) is 11.3. The van der Waals surface area contributed by atoms with Gasteiger partial charge >= 0.3 is 5.97 Å². The van der Waals surface area contributed by atoms with E-state index in [0.717, 1.165) is 20.3 Å². The first-order chi connectivity index (χ1) is 7.66. The Labute approximate surface area is 93.8 Å². The number of aromatic nitrogens is 1. The molecule has 2 heterocycles. The van der Waals surface area contributed by atoms with E-state index in [2.05, 4.69) is 4.98 Å². The van der Waals surface area contributed by atoms with Crippen molar-refractivity contribution in [2.45, 2.75) is 0 Å². The number of carboxylic acid groups (broad SMARTS) is 1. The first-order valence-corrected chi connectivity index (χ1v) is 5.45. The van der Waals surface area contributed by atoms with Gasteiger partial charge in [0.1, 0.15) is 11.4 Å². The standard InChI is InChI=1S/C11H7NO3S/c13-7-3-1-2-5-9-8(16-10(5)7)4-6(12-9)11(14)15/h1-4,12-13H,(H,14,15). The van der Waals surface area contributed by atoms with Gasteiger partial charge in [-0.15, -0.1) is 11.3 Å². The third-order valence-corrected chi connectivity index (χ3v) is 3.66. The van der Waals surface area contributed by atoms with Gasteiger partial charge in [0.15, 0.2) is 0 Å². The van der Waals surface area contributed by atoms with Crippen molar-refractivity contribution in [1.29, 1.82) is 0 Å². The Morgan fingerprint density at radius 3 is 2.94 bits per heavy atom. The van der Waals surface area contributed by atoms with Crippen molar-refractivity contribution in [3.05, 3.63) is 30.0 Å². The number of nitrogens with one attached hydrogen (secondary N) is 1. The number of phenolic OH excluding ortho intramolecular Hbond substituents is 1. The van der Waals surface area contributed by atoms with Crippen molar-refractivity contribution in [1.82, 2.24) is 4.98 Å². The van der Waals surface area contributed by atoms with Crippen LogP contribution >= 0.6 is 11.3 Å². The lowest BCUT2D eigenvalue weighted by molar-refractivity contribution is 0.0691. The maximum atomic E-state index is 10.8. The van der Waals surface area contributed by atoms with Crippen molar-refractivity contribution in [3.8, 4) is 5.75 Å². The molecule has 0 aliphatic carbocycles. The van der Waals surface area contributed by atoms with Gasteiger partial charge in [-0.05, 0) is 12.1 Å². The molecule has 0 saturated heterocycles. The van der Waals surface area contributed by atoms with E-state index in [1.165, 1.54) is 11.3 Å². The zero-order valence-electron chi connectivity index (χ0n) is 8.02. The lowest BCUT2D eigenvalue weighted by Gasteiger charge is -1.93. The summed E-state index contributed by atoms with van der Waals surface area (Å²) in [4.78, 5) is 13.6. The first kappa shape index (κ1) is 9.23. The number of carbonyl (C=O) groups is 1. The molecule has 2 aromatic heterocycles. The average Bonchev–Trinajstić information content (AvgIpc) is 2.76. The van der Waals surface area contributed by atoms with Crippen LogP contribution in [0.5, 0.6) is 5.75 Å². The van der Waals surface area contributed by atoms with Crippen LogP contribution in [0, 0.1) is 0 Å². The molecule has 0 spiro atoms. The molecule has 0 aliphatic heterocycles. The maximum Gasteiger partial charge on any atom is 0.352 e. The Balaban J connectivity index is 2.43. The van der Waals surface area contributed by atoms with Gasteiger partial charge in [-0.1, -0.05) is 12.1 Å². The highest BCUT2D eigenvalue weighted by Crippen LogP contribution is 2.38. The van der Waals surface area contributed by atoms with Gasteiger partial charge in [0.05, 0.1) is 14.9 Å². The second-order valence-corrected chi connectivity index (χ2v) is 4.54. The molecule has 0 aliphatic rings. The van der Waals surface area contributed by atoms with Crippen molar-refractivity contribution in [2.75, 3.05) is 0 Å². The molecule has 0 fully saturated rings. The number of aromatic amines is 1. The summed E-state index contributed by atoms with van der Waals surface area (Å²) in [7, 11) is 0. The predicted octanol–water partition coefficient (Wildman–Crippen LogP) is 2.79. The summed E-state index contributed by atoms with van der Waals surface area (Å²) in [6, 6.07) is 6.80. The van der Waals surface area contributed by atoms with E-state index >= 15 is 0 Å². The number of rotatable bonds is 1. The largest absolute Gasteiger partial charge is 0.506 e. The number of benzene rings is 1. The minimum Gasteiger partial charge on any atom is -0.506 e. The first-order valence-electron chi connectivity index (χ1n) is 4.63. The molecule has 1 aromatic carbocycles. The highest BCUT2D eigenvalue weighted by atomic mass is 32.1. The lowest BCUT2D eigenvalue weighted by atomic mass is 10.2. The van der Waals surface area contributed by atoms with Crippen molar-refractivity contribution >= 4 is 37.6 Å². The number of hydrogen-bond acceptors (Lipinski definition) is 3. The van der Waals surface area contributed by atoms with E-state index in [1.807, 2.05) is 6.07 Å². The van der Waals surface area contributed by atoms with Gasteiger partial charge in [0.2, 0.25) is 0 Å². The van der Waals surface area contributed by atoms with Crippen LogP contribution in [0.4, 0.5) is 0 Å². The zero-order valence-corrected chi connectivity index (χ0v) is 8.84. The average molecular weight is 233 g/mol. The lowest BCUT2D eigenvalue weighted by Crippen LogP contribution is -1.94. The molecule has 0 atom stereocenters. The molecule has 0 radical (unpaired) electrons. The third kappa shape index (κ3) is 1.12. The molecule has 3 N–H and O–H groups in total. The molecule has 0 bridgehead atoms. The van der Waals surface area contributed by atoms with Crippen molar-refractivity contribution < 1.29 is 15.0 Å². The minimum absolute atomic E-state index is 0.173. The Bertz CT molecular complexity index is 710. The molecule has 80 valence electrons. The predicted molar refractivity (Wildman–Crippen MR) is 62.3 cm³/mol. The summed E-state index contributed by atoms with van der Waals surface area (Å²) >= 11 is 1.38. The minimum atomic E-state index is -0.975. The van der Waals surface area contributed by atoms with Crippen LogP contribution < -0.4 is 0 Å². The number of carboxylic acids is 1. The van der Waals surface area contributed by atoms with Gasteiger partial charge in [-0.2, -0.15) is 0 Å². The van der Waals surface area contributed by atoms with E-state index in [9.17, 15) is 9.90 Å². The smallest absolute Gasteiger partial charge is 0.352 e. The number of thiophene rings is 1. The molecule has 0 amide bonds. The number of aromatic hydroxyl groups is 1. The Morgan fingerprint density at radius 2 is 2.19 bits per heavy atom. The second kappa shape index (κ2) is 2.99. The number of H-pyrrole nitrogens is 1. The summed E-state index contributed by atoms with van der Waals surface area (Å²) in [5, 5.41) is 19.4. The maximum absolute atomic E-state index is 10.8. The fourth-order valence-electron chi connectivity index (χ4n) is 1.77. The third-order valence-electron chi connectivity index (χ3n) is 2.49. The van der Waals surface area contributed by atoms with Gasteiger partial charge in [0, 0.05) is 5.39 Å². The SMILES string of the molecule is O=C(O)c1cc2sc3c(O)cccc3c2[nH]1. The fraction of sp³-hybridized carbons (Fsp3) is 0. The van der Waals surface area contributed by atoms with Crippen molar-refractivity contribution in [3.63, 3.8) is 0 Å². The van der Waals surface area contributed by atoms with Crippen molar-refractivity contribution in [2.24, 2.45) is 0 Å². The van der Waals surface area contributed by atoms with Gasteiger partial charge in [0.25, 0.3) is 0 Å². The quantitative estimate of drug-likeness (QED) is 0.605. The van der Waals surface area contributed by atoms with Gasteiger partial charge in [-0.25, -0.2) is 4.79 Å². The van der Waals surface area contributed by atoms with Crippen LogP contribution in [0.1, 0.15) is 10.5 Å². The van der Waals surface area contributed by atoms with Crippen LogP contribution in [-0.4, -0.2) is 21.2 Å². The molecule has 0 saturated carbocycles.